The van der Waals surface area contributed by atoms with Crippen molar-refractivity contribution in [3.05, 3.63) is 48.4 Å². The van der Waals surface area contributed by atoms with Crippen LogP contribution in [-0.2, 0) is 0 Å². The maximum atomic E-state index is 4.96. The molecule has 0 aliphatic heterocycles. The Morgan fingerprint density at radius 3 is 2.85 bits per heavy atom. The molecule has 0 aromatic carbocycles. The van der Waals surface area contributed by atoms with E-state index in [2.05, 4.69) is 11.7 Å². The zero-order valence-electron chi connectivity index (χ0n) is 7.95. The van der Waals surface area contributed by atoms with Crippen molar-refractivity contribution < 1.29 is 4.52 Å². The molecule has 0 N–H and O–H groups in total. The summed E-state index contributed by atoms with van der Waals surface area (Å²) in [5, 5.41) is 3.89. The molecule has 0 atom stereocenters. The average molecular weight is 175 g/mol. The summed E-state index contributed by atoms with van der Waals surface area (Å²) in [6.45, 7) is 7.55. The molecule has 0 saturated heterocycles. The molecule has 0 fully saturated rings. The molecule has 2 heteroatoms. The largest absolute Gasteiger partial charge is 0.361 e. The van der Waals surface area contributed by atoms with Crippen LogP contribution in [0.25, 0.3) is 5.57 Å². The van der Waals surface area contributed by atoms with Crippen molar-refractivity contribution in [2.45, 2.75) is 13.8 Å². The van der Waals surface area contributed by atoms with Gasteiger partial charge in [0.05, 0.1) is 0 Å². The highest BCUT2D eigenvalue weighted by Crippen LogP contribution is 2.14. The lowest BCUT2D eigenvalue weighted by molar-refractivity contribution is 0.396. The van der Waals surface area contributed by atoms with E-state index in [0.717, 1.165) is 17.0 Å². The van der Waals surface area contributed by atoms with Gasteiger partial charge in [-0.3, -0.25) is 0 Å². The highest BCUT2D eigenvalue weighted by molar-refractivity contribution is 5.72. The molecule has 1 rings (SSSR count). The zero-order chi connectivity index (χ0) is 9.68. The van der Waals surface area contributed by atoms with E-state index >= 15 is 0 Å². The third-order valence-corrected chi connectivity index (χ3v) is 1.61. The van der Waals surface area contributed by atoms with Crippen LogP contribution in [0.2, 0.25) is 0 Å². The normalized spacial score (nSPS) is 12.3. The summed E-state index contributed by atoms with van der Waals surface area (Å²) >= 11 is 0. The van der Waals surface area contributed by atoms with E-state index in [9.17, 15) is 0 Å². The fourth-order valence-corrected chi connectivity index (χ4v) is 0.960. The first-order valence-corrected chi connectivity index (χ1v) is 4.17. The summed E-state index contributed by atoms with van der Waals surface area (Å²) < 4.78 is 4.96. The molecule has 0 bridgehead atoms. The Hall–Kier alpha value is -1.57. The fraction of sp³-hybridized carbons (Fsp3) is 0.182. The second-order valence-corrected chi connectivity index (χ2v) is 2.67. The molecule has 0 radical (unpaired) electrons. The number of rotatable bonds is 3. The van der Waals surface area contributed by atoms with E-state index in [1.54, 1.807) is 6.08 Å². The summed E-state index contributed by atoms with van der Waals surface area (Å²) in [5.74, 6) is 0.809. The SMILES string of the molecule is C=C/C(=C\C=C/C)c1cc(C)on1. The van der Waals surface area contributed by atoms with Crippen LogP contribution < -0.4 is 0 Å². The summed E-state index contributed by atoms with van der Waals surface area (Å²) in [4.78, 5) is 0. The van der Waals surface area contributed by atoms with E-state index < -0.39 is 0 Å². The highest BCUT2D eigenvalue weighted by atomic mass is 16.5. The van der Waals surface area contributed by atoms with Gasteiger partial charge in [-0.15, -0.1) is 0 Å². The van der Waals surface area contributed by atoms with Crippen molar-refractivity contribution in [2.75, 3.05) is 0 Å². The minimum Gasteiger partial charge on any atom is -0.361 e. The molecule has 0 aliphatic rings. The van der Waals surface area contributed by atoms with Gasteiger partial charge in [0.1, 0.15) is 11.5 Å². The van der Waals surface area contributed by atoms with Crippen LogP contribution in [0.3, 0.4) is 0 Å². The van der Waals surface area contributed by atoms with E-state index in [0.29, 0.717) is 0 Å². The van der Waals surface area contributed by atoms with Crippen LogP contribution in [0, 0.1) is 6.92 Å². The molecule has 68 valence electrons. The Bertz CT molecular complexity index is 345. The predicted molar refractivity (Wildman–Crippen MR) is 54.2 cm³/mol. The van der Waals surface area contributed by atoms with Crippen LogP contribution in [-0.4, -0.2) is 5.16 Å². The highest BCUT2D eigenvalue weighted by Gasteiger charge is 2.01. The lowest BCUT2D eigenvalue weighted by Gasteiger charge is -1.91. The molecular weight excluding hydrogens is 162 g/mol. The van der Waals surface area contributed by atoms with Gasteiger partial charge >= 0.3 is 0 Å². The zero-order valence-corrected chi connectivity index (χ0v) is 7.95. The number of hydrogen-bond acceptors (Lipinski definition) is 2. The standard InChI is InChI=1S/C11H13NO/c1-4-6-7-10(5-2)11-8-9(3)13-12-11/h4-8H,2H2,1,3H3/b6-4-,10-7+. The summed E-state index contributed by atoms with van der Waals surface area (Å²) in [6, 6.07) is 1.89. The number of aromatic nitrogens is 1. The monoisotopic (exact) mass is 175 g/mol. The van der Waals surface area contributed by atoms with Crippen LogP contribution in [0.5, 0.6) is 0 Å². The average Bonchev–Trinajstić information content (AvgIpc) is 2.54. The Morgan fingerprint density at radius 2 is 2.38 bits per heavy atom. The van der Waals surface area contributed by atoms with Gasteiger partial charge in [0.15, 0.2) is 0 Å². The second-order valence-electron chi connectivity index (χ2n) is 2.67. The summed E-state index contributed by atoms with van der Waals surface area (Å²) in [7, 11) is 0. The minimum absolute atomic E-state index is 0.809. The summed E-state index contributed by atoms with van der Waals surface area (Å²) in [6.07, 6.45) is 7.61. The lowest BCUT2D eigenvalue weighted by Crippen LogP contribution is -1.77. The molecule has 13 heavy (non-hydrogen) atoms. The molecule has 0 aliphatic carbocycles. The Kier molecular flexibility index (Phi) is 3.26. The molecule has 0 unspecified atom stereocenters. The first kappa shape index (κ1) is 9.52. The van der Waals surface area contributed by atoms with Gasteiger partial charge in [0, 0.05) is 11.6 Å². The van der Waals surface area contributed by atoms with Crippen LogP contribution in [0.1, 0.15) is 18.4 Å². The van der Waals surface area contributed by atoms with Gasteiger partial charge in [-0.1, -0.05) is 36.0 Å². The topological polar surface area (TPSA) is 26.0 Å². The first-order valence-electron chi connectivity index (χ1n) is 4.17. The number of nitrogens with zero attached hydrogens (tertiary/aromatic N) is 1. The van der Waals surface area contributed by atoms with Crippen LogP contribution in [0.15, 0.2) is 41.5 Å². The summed E-state index contributed by atoms with van der Waals surface area (Å²) in [5.41, 5.74) is 1.79. The van der Waals surface area contributed by atoms with Crippen LogP contribution >= 0.6 is 0 Å². The van der Waals surface area contributed by atoms with E-state index in [4.69, 9.17) is 4.52 Å². The van der Waals surface area contributed by atoms with Crippen molar-refractivity contribution in [1.82, 2.24) is 5.16 Å². The van der Waals surface area contributed by atoms with Crippen molar-refractivity contribution >= 4 is 5.57 Å². The smallest absolute Gasteiger partial charge is 0.134 e. The third-order valence-electron chi connectivity index (χ3n) is 1.61. The van der Waals surface area contributed by atoms with E-state index in [-0.39, 0.29) is 0 Å². The molecule has 1 aromatic heterocycles. The Morgan fingerprint density at radius 1 is 1.62 bits per heavy atom. The Balaban J connectivity index is 2.96. The number of allylic oxidation sites excluding steroid dienone is 5. The molecule has 0 spiro atoms. The molecule has 1 heterocycles. The number of hydrogen-bond donors (Lipinski definition) is 0. The molecule has 2 nitrogen and oxygen atoms in total. The van der Waals surface area contributed by atoms with Gasteiger partial charge in [0.2, 0.25) is 0 Å². The van der Waals surface area contributed by atoms with Gasteiger partial charge in [0.25, 0.3) is 0 Å². The number of aryl methyl sites for hydroxylation is 1. The van der Waals surface area contributed by atoms with E-state index in [1.807, 2.05) is 38.1 Å². The molecule has 1 aromatic rings. The first-order chi connectivity index (χ1) is 6.27. The molecule has 0 saturated carbocycles. The molecule has 0 amide bonds. The van der Waals surface area contributed by atoms with Gasteiger partial charge < -0.3 is 4.52 Å². The van der Waals surface area contributed by atoms with Gasteiger partial charge in [-0.2, -0.15) is 0 Å². The lowest BCUT2D eigenvalue weighted by atomic mass is 10.1. The van der Waals surface area contributed by atoms with Gasteiger partial charge in [-0.05, 0) is 13.8 Å². The van der Waals surface area contributed by atoms with Crippen molar-refractivity contribution in [3.63, 3.8) is 0 Å². The Labute approximate surface area is 78.2 Å². The maximum absolute atomic E-state index is 4.96. The predicted octanol–water partition coefficient (Wildman–Crippen LogP) is 3.13. The fourth-order valence-electron chi connectivity index (χ4n) is 0.960. The third kappa shape index (κ3) is 2.44. The second kappa shape index (κ2) is 4.45. The van der Waals surface area contributed by atoms with Crippen molar-refractivity contribution in [3.8, 4) is 0 Å². The van der Waals surface area contributed by atoms with E-state index in [1.165, 1.54) is 0 Å². The van der Waals surface area contributed by atoms with Crippen molar-refractivity contribution in [1.29, 1.82) is 0 Å². The van der Waals surface area contributed by atoms with Crippen LogP contribution in [0.4, 0.5) is 0 Å². The minimum atomic E-state index is 0.809. The quantitative estimate of drug-likeness (QED) is 0.659. The van der Waals surface area contributed by atoms with Crippen molar-refractivity contribution in [2.24, 2.45) is 0 Å². The molecular formula is C11H13NO. The van der Waals surface area contributed by atoms with Gasteiger partial charge in [-0.25, -0.2) is 0 Å². The maximum Gasteiger partial charge on any atom is 0.134 e.